The van der Waals surface area contributed by atoms with E-state index in [9.17, 15) is 13.2 Å². The van der Waals surface area contributed by atoms with Crippen molar-refractivity contribution in [3.8, 4) is 5.75 Å². The number of carbonyl (C=O) groups excluding carboxylic acids is 1. The maximum atomic E-state index is 12.7. The van der Waals surface area contributed by atoms with E-state index in [-0.39, 0.29) is 30.0 Å². The van der Waals surface area contributed by atoms with Gasteiger partial charge in [0.2, 0.25) is 10.0 Å². The topological polar surface area (TPSA) is 84.9 Å². The largest absolute Gasteiger partial charge is 0.484 e. The molecule has 28 heavy (non-hydrogen) atoms. The minimum absolute atomic E-state index is 0.117. The maximum absolute atomic E-state index is 12.7. The van der Waals surface area contributed by atoms with Gasteiger partial charge in [0.1, 0.15) is 5.75 Å². The number of hydrogen-bond acceptors (Lipinski definition) is 5. The molecule has 1 atom stereocenters. The van der Waals surface area contributed by atoms with Crippen LogP contribution in [-0.2, 0) is 26.1 Å². The Morgan fingerprint density at radius 1 is 1.11 bits per heavy atom. The highest BCUT2D eigenvalue weighted by Gasteiger charge is 2.21. The van der Waals surface area contributed by atoms with E-state index in [1.165, 1.54) is 35.6 Å². The molecule has 7 nitrogen and oxygen atoms in total. The third-order valence-electron chi connectivity index (χ3n) is 3.97. The average Bonchev–Trinajstić information content (AvgIpc) is 2.67. The molecule has 0 aliphatic heterocycles. The predicted octanol–water partition coefficient (Wildman–Crippen LogP) is 2.04. The molecule has 0 radical (unpaired) electrons. The lowest BCUT2D eigenvalue weighted by Gasteiger charge is -2.17. The van der Waals surface area contributed by atoms with E-state index >= 15 is 0 Å². The first-order valence-electron chi connectivity index (χ1n) is 8.84. The molecular formula is C20H26N2O5S. The molecule has 152 valence electrons. The maximum Gasteiger partial charge on any atom is 0.258 e. The number of benzene rings is 2. The second kappa shape index (κ2) is 10.2. The van der Waals surface area contributed by atoms with Crippen molar-refractivity contribution in [2.45, 2.75) is 24.4 Å². The van der Waals surface area contributed by atoms with Gasteiger partial charge in [0.25, 0.3) is 5.91 Å². The van der Waals surface area contributed by atoms with Crippen LogP contribution in [0.1, 0.15) is 12.5 Å². The van der Waals surface area contributed by atoms with Crippen LogP contribution < -0.4 is 10.1 Å². The zero-order valence-electron chi connectivity index (χ0n) is 16.3. The van der Waals surface area contributed by atoms with Crippen molar-refractivity contribution in [3.63, 3.8) is 0 Å². The Morgan fingerprint density at radius 2 is 1.75 bits per heavy atom. The van der Waals surface area contributed by atoms with Crippen molar-refractivity contribution in [3.05, 3.63) is 60.2 Å². The van der Waals surface area contributed by atoms with Crippen LogP contribution in [0.5, 0.6) is 5.75 Å². The lowest BCUT2D eigenvalue weighted by molar-refractivity contribution is -0.124. The predicted molar refractivity (Wildman–Crippen MR) is 107 cm³/mol. The Balaban J connectivity index is 1.94. The summed E-state index contributed by atoms with van der Waals surface area (Å²) < 4.78 is 37.1. The summed E-state index contributed by atoms with van der Waals surface area (Å²) in [5, 5.41) is 2.73. The van der Waals surface area contributed by atoms with E-state index in [0.717, 1.165) is 5.56 Å². The third kappa shape index (κ3) is 6.33. The first kappa shape index (κ1) is 21.9. The third-order valence-corrected chi connectivity index (χ3v) is 5.79. The molecule has 0 aliphatic carbocycles. The van der Waals surface area contributed by atoms with Gasteiger partial charge in [-0.05, 0) is 36.8 Å². The van der Waals surface area contributed by atoms with Crippen LogP contribution in [0.4, 0.5) is 0 Å². The quantitative estimate of drug-likeness (QED) is 0.653. The molecule has 0 aromatic heterocycles. The fourth-order valence-corrected chi connectivity index (χ4v) is 3.73. The van der Waals surface area contributed by atoms with E-state index in [4.69, 9.17) is 9.47 Å². The fraction of sp³-hybridized carbons (Fsp3) is 0.350. The van der Waals surface area contributed by atoms with Gasteiger partial charge in [0, 0.05) is 26.7 Å². The van der Waals surface area contributed by atoms with E-state index < -0.39 is 10.0 Å². The van der Waals surface area contributed by atoms with E-state index in [2.05, 4.69) is 5.32 Å². The molecule has 0 fully saturated rings. The number of ether oxygens (including phenoxy) is 2. The Bertz CT molecular complexity index is 854. The van der Waals surface area contributed by atoms with Gasteiger partial charge in [-0.15, -0.1) is 0 Å². The summed E-state index contributed by atoms with van der Waals surface area (Å²) in [7, 11) is -0.521. The summed E-state index contributed by atoms with van der Waals surface area (Å²) in [6.07, 6.45) is 0. The Morgan fingerprint density at radius 3 is 2.36 bits per heavy atom. The number of carbonyl (C=O) groups is 1. The summed E-state index contributed by atoms with van der Waals surface area (Å²) in [6, 6.07) is 15.3. The zero-order chi connectivity index (χ0) is 20.6. The van der Waals surface area contributed by atoms with E-state index in [0.29, 0.717) is 12.4 Å². The van der Waals surface area contributed by atoms with Crippen molar-refractivity contribution >= 4 is 15.9 Å². The van der Waals surface area contributed by atoms with Crippen LogP contribution in [-0.4, -0.2) is 52.0 Å². The molecule has 2 aromatic rings. The van der Waals surface area contributed by atoms with Crippen LogP contribution in [0.25, 0.3) is 0 Å². The summed E-state index contributed by atoms with van der Waals surface area (Å²) in [4.78, 5) is 12.0. The monoisotopic (exact) mass is 406 g/mol. The van der Waals surface area contributed by atoms with Gasteiger partial charge in [-0.1, -0.05) is 30.3 Å². The number of amides is 1. The van der Waals surface area contributed by atoms with Crippen LogP contribution >= 0.6 is 0 Å². The zero-order valence-corrected chi connectivity index (χ0v) is 17.1. The number of nitrogens with one attached hydrogen (secondary N) is 1. The van der Waals surface area contributed by atoms with E-state index in [1.807, 2.05) is 37.3 Å². The lowest BCUT2D eigenvalue weighted by Crippen LogP contribution is -2.38. The summed E-state index contributed by atoms with van der Waals surface area (Å²) >= 11 is 0. The highest BCUT2D eigenvalue weighted by molar-refractivity contribution is 7.89. The Labute approximate surface area is 166 Å². The van der Waals surface area contributed by atoms with Gasteiger partial charge in [-0.3, -0.25) is 4.79 Å². The summed E-state index contributed by atoms with van der Waals surface area (Å²) in [5.74, 6) is 0.142. The molecule has 2 rings (SSSR count). The SMILES string of the molecule is COC[C@H](C)NC(=O)COc1ccc(S(=O)(=O)N(C)Cc2ccccc2)cc1. The van der Waals surface area contributed by atoms with Gasteiger partial charge in [0.05, 0.1) is 11.5 Å². The first-order chi connectivity index (χ1) is 13.3. The normalized spacial score (nSPS) is 12.6. The molecule has 0 bridgehead atoms. The molecule has 1 N–H and O–H groups in total. The molecule has 8 heteroatoms. The average molecular weight is 407 g/mol. The smallest absolute Gasteiger partial charge is 0.258 e. The Hall–Kier alpha value is -2.42. The minimum atomic E-state index is -3.62. The highest BCUT2D eigenvalue weighted by Crippen LogP contribution is 2.20. The second-order valence-corrected chi connectivity index (χ2v) is 8.48. The van der Waals surface area contributed by atoms with Gasteiger partial charge < -0.3 is 14.8 Å². The van der Waals surface area contributed by atoms with Crippen molar-refractivity contribution < 1.29 is 22.7 Å². The second-order valence-electron chi connectivity index (χ2n) is 6.43. The van der Waals surface area contributed by atoms with Crippen LogP contribution in [0.15, 0.2) is 59.5 Å². The summed E-state index contributed by atoms with van der Waals surface area (Å²) in [6.45, 7) is 2.36. The van der Waals surface area contributed by atoms with Crippen molar-refractivity contribution in [1.82, 2.24) is 9.62 Å². The molecule has 2 aromatic carbocycles. The van der Waals surface area contributed by atoms with Gasteiger partial charge >= 0.3 is 0 Å². The minimum Gasteiger partial charge on any atom is -0.484 e. The lowest BCUT2D eigenvalue weighted by atomic mass is 10.2. The van der Waals surface area contributed by atoms with Gasteiger partial charge in [-0.25, -0.2) is 8.42 Å². The number of hydrogen-bond donors (Lipinski definition) is 1. The van der Waals surface area contributed by atoms with Crippen LogP contribution in [0.3, 0.4) is 0 Å². The molecule has 1 amide bonds. The number of sulfonamides is 1. The summed E-state index contributed by atoms with van der Waals surface area (Å²) in [5.41, 5.74) is 0.905. The van der Waals surface area contributed by atoms with Crippen LogP contribution in [0, 0.1) is 0 Å². The standard InChI is InChI=1S/C20H26N2O5S/c1-16(14-26-3)21-20(23)15-27-18-9-11-19(12-10-18)28(24,25)22(2)13-17-7-5-4-6-8-17/h4-12,16H,13-15H2,1-3H3,(H,21,23)/t16-/m0/s1. The van der Waals surface area contributed by atoms with Crippen molar-refractivity contribution in [2.24, 2.45) is 0 Å². The molecule has 0 spiro atoms. The molecule has 0 unspecified atom stereocenters. The van der Waals surface area contributed by atoms with Crippen molar-refractivity contribution in [2.75, 3.05) is 27.4 Å². The molecule has 0 aliphatic rings. The highest BCUT2D eigenvalue weighted by atomic mass is 32.2. The molecule has 0 saturated heterocycles. The number of methoxy groups -OCH3 is 1. The van der Waals surface area contributed by atoms with Gasteiger partial charge in [-0.2, -0.15) is 4.31 Å². The molecule has 0 saturated carbocycles. The molecular weight excluding hydrogens is 380 g/mol. The number of rotatable bonds is 10. The van der Waals surface area contributed by atoms with Crippen LogP contribution in [0.2, 0.25) is 0 Å². The van der Waals surface area contributed by atoms with E-state index in [1.54, 1.807) is 7.11 Å². The first-order valence-corrected chi connectivity index (χ1v) is 10.3. The van der Waals surface area contributed by atoms with Gasteiger partial charge in [0.15, 0.2) is 6.61 Å². The Kier molecular flexibility index (Phi) is 7.98. The molecule has 0 heterocycles. The number of nitrogens with zero attached hydrogens (tertiary/aromatic N) is 1. The fourth-order valence-electron chi connectivity index (χ4n) is 2.57. The van der Waals surface area contributed by atoms with Crippen molar-refractivity contribution in [1.29, 1.82) is 0 Å².